The van der Waals surface area contributed by atoms with Crippen LogP contribution in [0.3, 0.4) is 0 Å². The van der Waals surface area contributed by atoms with Crippen LogP contribution in [-0.4, -0.2) is 24.0 Å². The number of carbonyl (C=O) groups is 1. The minimum Gasteiger partial charge on any atom is -0.346 e. The minimum absolute atomic E-state index is 0.0308. The highest BCUT2D eigenvalue weighted by Crippen LogP contribution is 2.33. The molecule has 3 aromatic rings. The van der Waals surface area contributed by atoms with Gasteiger partial charge in [-0.1, -0.05) is 41.2 Å². The number of benzene rings is 2. The van der Waals surface area contributed by atoms with E-state index in [0.29, 0.717) is 0 Å². The molecule has 0 saturated carbocycles. The van der Waals surface area contributed by atoms with Gasteiger partial charge in [-0.05, 0) is 31.2 Å². The molecule has 1 amide bonds. The fraction of sp³-hybridized carbons (Fsp3) is 0.222. The molecule has 1 aliphatic rings. The first-order chi connectivity index (χ1) is 11.2. The number of aryl methyl sites for hydroxylation is 1. The van der Waals surface area contributed by atoms with Gasteiger partial charge in [-0.2, -0.15) is 0 Å². The van der Waals surface area contributed by atoms with Gasteiger partial charge >= 0.3 is 0 Å². The fourth-order valence-electron chi connectivity index (χ4n) is 2.68. The van der Waals surface area contributed by atoms with Crippen molar-refractivity contribution in [1.29, 1.82) is 0 Å². The molecular weight excluding hydrogens is 306 g/mol. The third-order valence-corrected chi connectivity index (χ3v) is 5.22. The van der Waals surface area contributed by atoms with Gasteiger partial charge in [-0.3, -0.25) is 4.79 Å². The number of nitrogens with zero attached hydrogens (tertiary/aromatic N) is 2. The van der Waals surface area contributed by atoms with Gasteiger partial charge in [0.1, 0.15) is 0 Å². The molecular formula is C18H17N3OS. The Bertz CT molecular complexity index is 817. The normalized spacial score (nSPS) is 14.7. The molecule has 0 unspecified atom stereocenters. The zero-order valence-electron chi connectivity index (χ0n) is 12.8. The van der Waals surface area contributed by atoms with Crippen LogP contribution in [-0.2, 0) is 4.79 Å². The molecule has 2 heterocycles. The lowest BCUT2D eigenvalue weighted by atomic mass is 10.00. The quantitative estimate of drug-likeness (QED) is 0.800. The van der Waals surface area contributed by atoms with E-state index in [-0.39, 0.29) is 11.8 Å². The highest BCUT2D eigenvalue weighted by Gasteiger charge is 2.34. The zero-order chi connectivity index (χ0) is 15.8. The summed E-state index contributed by atoms with van der Waals surface area (Å²) in [5.74, 6) is 0.120. The first kappa shape index (κ1) is 14.2. The van der Waals surface area contributed by atoms with E-state index in [1.165, 1.54) is 10.3 Å². The van der Waals surface area contributed by atoms with Gasteiger partial charge in [-0.15, -0.1) is 0 Å². The lowest BCUT2D eigenvalue weighted by Gasteiger charge is -2.37. The highest BCUT2D eigenvalue weighted by atomic mass is 32.1. The summed E-state index contributed by atoms with van der Waals surface area (Å²) in [6.07, 6.45) is 0. The number of para-hydroxylation sites is 1. The summed E-state index contributed by atoms with van der Waals surface area (Å²) in [5, 5.41) is 3.99. The Labute approximate surface area is 138 Å². The number of fused-ring (bicyclic) bond motifs is 1. The Morgan fingerprint density at radius 2 is 1.91 bits per heavy atom. The number of hydrogen-bond acceptors (Lipinski definition) is 4. The molecule has 0 radical (unpaired) electrons. The Morgan fingerprint density at radius 1 is 1.17 bits per heavy atom. The number of anilines is 2. The van der Waals surface area contributed by atoms with Crippen LogP contribution in [0.15, 0.2) is 48.5 Å². The molecule has 1 saturated heterocycles. The molecule has 4 nitrogen and oxygen atoms in total. The molecule has 2 aromatic carbocycles. The maximum absolute atomic E-state index is 12.3. The summed E-state index contributed by atoms with van der Waals surface area (Å²) < 4.78 is 1.19. The van der Waals surface area contributed by atoms with E-state index in [9.17, 15) is 4.79 Å². The molecule has 116 valence electrons. The van der Waals surface area contributed by atoms with Crippen LogP contribution < -0.4 is 10.2 Å². The van der Waals surface area contributed by atoms with E-state index in [1.807, 2.05) is 49.4 Å². The van der Waals surface area contributed by atoms with Crippen LogP contribution in [0.1, 0.15) is 5.56 Å². The number of aromatic nitrogens is 1. The molecule has 4 rings (SSSR count). The van der Waals surface area contributed by atoms with Crippen molar-refractivity contribution < 1.29 is 4.79 Å². The van der Waals surface area contributed by atoms with E-state index in [1.54, 1.807) is 11.3 Å². The second kappa shape index (κ2) is 5.66. The number of amides is 1. The third-order valence-electron chi connectivity index (χ3n) is 4.12. The predicted molar refractivity (Wildman–Crippen MR) is 95.1 cm³/mol. The molecule has 0 aliphatic carbocycles. The molecule has 0 bridgehead atoms. The highest BCUT2D eigenvalue weighted by molar-refractivity contribution is 7.22. The average Bonchev–Trinajstić information content (AvgIpc) is 2.91. The van der Waals surface area contributed by atoms with Crippen molar-refractivity contribution in [2.24, 2.45) is 5.92 Å². The molecule has 1 N–H and O–H groups in total. The van der Waals surface area contributed by atoms with Crippen molar-refractivity contribution in [3.05, 3.63) is 54.1 Å². The van der Waals surface area contributed by atoms with Gasteiger partial charge in [0.15, 0.2) is 5.13 Å². The van der Waals surface area contributed by atoms with Crippen LogP contribution >= 0.6 is 11.3 Å². The maximum Gasteiger partial charge on any atom is 0.231 e. The second-order valence-corrected chi connectivity index (χ2v) is 6.93. The molecule has 0 spiro atoms. The lowest BCUT2D eigenvalue weighted by molar-refractivity contribution is -0.120. The van der Waals surface area contributed by atoms with Crippen LogP contribution in [0.2, 0.25) is 0 Å². The molecule has 0 atom stereocenters. The largest absolute Gasteiger partial charge is 0.346 e. The van der Waals surface area contributed by atoms with Crippen molar-refractivity contribution >= 4 is 38.3 Å². The van der Waals surface area contributed by atoms with E-state index in [4.69, 9.17) is 0 Å². The average molecular weight is 323 g/mol. The van der Waals surface area contributed by atoms with Crippen molar-refractivity contribution in [1.82, 2.24) is 4.98 Å². The van der Waals surface area contributed by atoms with Gasteiger partial charge in [0.2, 0.25) is 5.91 Å². The van der Waals surface area contributed by atoms with Gasteiger partial charge in [0.25, 0.3) is 0 Å². The van der Waals surface area contributed by atoms with Gasteiger partial charge in [0, 0.05) is 18.8 Å². The number of rotatable bonds is 3. The molecule has 1 aromatic heterocycles. The third kappa shape index (κ3) is 2.80. The van der Waals surface area contributed by atoms with Crippen molar-refractivity contribution in [2.45, 2.75) is 6.92 Å². The predicted octanol–water partition coefficient (Wildman–Crippen LogP) is 3.68. The summed E-state index contributed by atoms with van der Waals surface area (Å²) in [7, 11) is 0. The number of carbonyl (C=O) groups excluding carboxylic acids is 1. The Balaban J connectivity index is 1.38. The van der Waals surface area contributed by atoms with Crippen molar-refractivity contribution in [3.8, 4) is 0 Å². The SMILES string of the molecule is Cc1ccc(NC(=O)C2CN(c3nc4ccccc4s3)C2)cc1. The van der Waals surface area contributed by atoms with Crippen molar-refractivity contribution in [2.75, 3.05) is 23.3 Å². The zero-order valence-corrected chi connectivity index (χ0v) is 13.6. The first-order valence-electron chi connectivity index (χ1n) is 7.67. The van der Waals surface area contributed by atoms with E-state index in [2.05, 4.69) is 21.3 Å². The maximum atomic E-state index is 12.3. The van der Waals surface area contributed by atoms with E-state index < -0.39 is 0 Å². The Kier molecular flexibility index (Phi) is 3.50. The second-order valence-electron chi connectivity index (χ2n) is 5.92. The molecule has 23 heavy (non-hydrogen) atoms. The summed E-state index contributed by atoms with van der Waals surface area (Å²) >= 11 is 1.68. The van der Waals surface area contributed by atoms with Crippen LogP contribution in [0.5, 0.6) is 0 Å². The number of thiazole rings is 1. The summed E-state index contributed by atoms with van der Waals surface area (Å²) in [6.45, 7) is 3.50. The topological polar surface area (TPSA) is 45.2 Å². The Hall–Kier alpha value is -2.40. The summed E-state index contributed by atoms with van der Waals surface area (Å²) in [5.41, 5.74) is 3.08. The van der Waals surface area contributed by atoms with E-state index in [0.717, 1.165) is 29.4 Å². The van der Waals surface area contributed by atoms with Gasteiger partial charge in [0.05, 0.1) is 16.1 Å². The van der Waals surface area contributed by atoms with Gasteiger partial charge < -0.3 is 10.2 Å². The van der Waals surface area contributed by atoms with Crippen molar-refractivity contribution in [3.63, 3.8) is 0 Å². The Morgan fingerprint density at radius 3 is 2.65 bits per heavy atom. The number of nitrogens with one attached hydrogen (secondary N) is 1. The van der Waals surface area contributed by atoms with Crippen LogP contribution in [0.4, 0.5) is 10.8 Å². The fourth-order valence-corrected chi connectivity index (χ4v) is 3.66. The minimum atomic E-state index is 0.0308. The van der Waals surface area contributed by atoms with Gasteiger partial charge in [-0.25, -0.2) is 4.98 Å². The smallest absolute Gasteiger partial charge is 0.231 e. The number of hydrogen-bond donors (Lipinski definition) is 1. The van der Waals surface area contributed by atoms with Crippen LogP contribution in [0.25, 0.3) is 10.2 Å². The van der Waals surface area contributed by atoms with E-state index >= 15 is 0 Å². The molecule has 1 aliphatic heterocycles. The lowest BCUT2D eigenvalue weighted by Crippen LogP contribution is -2.52. The summed E-state index contributed by atoms with van der Waals surface area (Å²) in [6, 6.07) is 16.0. The standard InChI is InChI=1S/C18H17N3OS/c1-12-6-8-14(9-7-12)19-17(22)13-10-21(11-13)18-20-15-4-2-3-5-16(15)23-18/h2-9,13H,10-11H2,1H3,(H,19,22). The monoisotopic (exact) mass is 323 g/mol. The molecule has 1 fully saturated rings. The molecule has 5 heteroatoms. The first-order valence-corrected chi connectivity index (χ1v) is 8.49. The van der Waals surface area contributed by atoms with Crippen LogP contribution in [0, 0.1) is 12.8 Å². The summed E-state index contributed by atoms with van der Waals surface area (Å²) in [4.78, 5) is 19.1.